The minimum Gasteiger partial charge on any atom is -0.345 e. The molecular weight excluding hydrogens is 340 g/mol. The normalized spacial score (nSPS) is 15.1. The molecule has 0 atom stereocenters. The molecule has 1 saturated heterocycles. The Labute approximate surface area is 152 Å². The van der Waals surface area contributed by atoms with Crippen molar-refractivity contribution < 1.29 is 9.59 Å². The maximum absolute atomic E-state index is 12.7. The van der Waals surface area contributed by atoms with E-state index in [2.05, 4.69) is 4.98 Å². The molecule has 0 bridgehead atoms. The predicted molar refractivity (Wildman–Crippen MR) is 95.5 cm³/mol. The lowest BCUT2D eigenvalue weighted by Gasteiger charge is -2.22. The molecule has 0 radical (unpaired) electrons. The van der Waals surface area contributed by atoms with Gasteiger partial charge in [0.2, 0.25) is 5.91 Å². The van der Waals surface area contributed by atoms with Crippen molar-refractivity contribution in [2.45, 2.75) is 12.8 Å². The van der Waals surface area contributed by atoms with Crippen LogP contribution in [-0.2, 0) is 18.3 Å². The van der Waals surface area contributed by atoms with Crippen LogP contribution in [0.4, 0.5) is 0 Å². The molecule has 3 rings (SSSR count). The van der Waals surface area contributed by atoms with Crippen LogP contribution in [0.1, 0.15) is 22.5 Å². The van der Waals surface area contributed by atoms with Crippen LogP contribution >= 0.6 is 11.6 Å². The van der Waals surface area contributed by atoms with E-state index in [0.29, 0.717) is 43.3 Å². The smallest absolute Gasteiger partial charge is 0.270 e. The number of carbonyl (C=O) groups is 2. The highest BCUT2D eigenvalue weighted by molar-refractivity contribution is 6.31. The van der Waals surface area contributed by atoms with E-state index in [1.807, 2.05) is 17.0 Å². The summed E-state index contributed by atoms with van der Waals surface area (Å²) in [5.74, 6) is 0.0279. The molecule has 0 unspecified atom stereocenters. The molecule has 1 aliphatic heterocycles. The summed E-state index contributed by atoms with van der Waals surface area (Å²) in [4.78, 5) is 32.9. The van der Waals surface area contributed by atoms with Crippen molar-refractivity contribution in [2.24, 2.45) is 7.05 Å². The van der Waals surface area contributed by atoms with Crippen LogP contribution in [0.5, 0.6) is 0 Å². The number of aromatic nitrogens is 2. The van der Waals surface area contributed by atoms with Gasteiger partial charge in [0.15, 0.2) is 0 Å². The summed E-state index contributed by atoms with van der Waals surface area (Å²) in [5, 5.41) is 0.550. The largest absolute Gasteiger partial charge is 0.345 e. The molecule has 0 aromatic carbocycles. The average molecular weight is 361 g/mol. The van der Waals surface area contributed by atoms with Crippen molar-refractivity contribution >= 4 is 23.4 Å². The van der Waals surface area contributed by atoms with Gasteiger partial charge < -0.3 is 14.4 Å². The first-order valence-electron chi connectivity index (χ1n) is 8.32. The third kappa shape index (κ3) is 4.20. The van der Waals surface area contributed by atoms with Crippen LogP contribution in [0.3, 0.4) is 0 Å². The molecular formula is C18H21ClN4O2. The fourth-order valence-corrected chi connectivity index (χ4v) is 3.31. The Balaban J connectivity index is 1.61. The fourth-order valence-electron chi connectivity index (χ4n) is 3.06. The second-order valence-corrected chi connectivity index (χ2v) is 6.66. The molecule has 2 aromatic rings. The van der Waals surface area contributed by atoms with Gasteiger partial charge in [-0.15, -0.1) is 0 Å². The maximum Gasteiger partial charge on any atom is 0.270 e. The number of aryl methyl sites for hydroxylation is 1. The van der Waals surface area contributed by atoms with Gasteiger partial charge in [-0.3, -0.25) is 14.6 Å². The molecule has 2 amide bonds. The van der Waals surface area contributed by atoms with Gasteiger partial charge in [0.05, 0.1) is 11.4 Å². The number of hydrogen-bond donors (Lipinski definition) is 0. The van der Waals surface area contributed by atoms with E-state index in [-0.39, 0.29) is 11.8 Å². The Morgan fingerprint density at radius 1 is 1.20 bits per heavy atom. The zero-order chi connectivity index (χ0) is 17.8. The summed E-state index contributed by atoms with van der Waals surface area (Å²) in [7, 11) is 1.81. The number of halogens is 1. The van der Waals surface area contributed by atoms with Crippen molar-refractivity contribution in [2.75, 3.05) is 26.2 Å². The predicted octanol–water partition coefficient (Wildman–Crippen LogP) is 1.99. The van der Waals surface area contributed by atoms with E-state index in [1.54, 1.807) is 41.2 Å². The first-order chi connectivity index (χ1) is 12.0. The SMILES string of the molecule is Cn1cc(Cl)cc1C(=O)N1CCCN(C(=O)Cc2cccnc2)CC1. The van der Waals surface area contributed by atoms with Crippen LogP contribution in [0, 0.1) is 0 Å². The summed E-state index contributed by atoms with van der Waals surface area (Å²) in [5.41, 5.74) is 1.48. The van der Waals surface area contributed by atoms with Gasteiger partial charge in [0.1, 0.15) is 5.69 Å². The first kappa shape index (κ1) is 17.5. The maximum atomic E-state index is 12.7. The number of pyridine rings is 1. The molecule has 1 fully saturated rings. The molecule has 2 aromatic heterocycles. The van der Waals surface area contributed by atoms with Crippen molar-refractivity contribution in [3.8, 4) is 0 Å². The molecule has 7 heteroatoms. The van der Waals surface area contributed by atoms with Crippen molar-refractivity contribution in [3.63, 3.8) is 0 Å². The Morgan fingerprint density at radius 2 is 1.96 bits per heavy atom. The lowest BCUT2D eigenvalue weighted by Crippen LogP contribution is -2.38. The summed E-state index contributed by atoms with van der Waals surface area (Å²) in [6.07, 6.45) is 6.23. The van der Waals surface area contributed by atoms with Gasteiger partial charge in [-0.25, -0.2) is 0 Å². The Kier molecular flexibility index (Phi) is 5.38. The molecule has 0 spiro atoms. The molecule has 0 aliphatic carbocycles. The van der Waals surface area contributed by atoms with E-state index in [9.17, 15) is 9.59 Å². The minimum atomic E-state index is -0.0454. The van der Waals surface area contributed by atoms with E-state index in [1.165, 1.54) is 0 Å². The highest BCUT2D eigenvalue weighted by atomic mass is 35.5. The number of carbonyl (C=O) groups excluding carboxylic acids is 2. The van der Waals surface area contributed by atoms with Crippen LogP contribution in [0.15, 0.2) is 36.8 Å². The van der Waals surface area contributed by atoms with Crippen LogP contribution in [-0.4, -0.2) is 57.3 Å². The van der Waals surface area contributed by atoms with Crippen molar-refractivity contribution in [1.82, 2.24) is 19.4 Å². The average Bonchev–Trinajstić information content (AvgIpc) is 2.80. The number of amides is 2. The topological polar surface area (TPSA) is 58.4 Å². The molecule has 132 valence electrons. The highest BCUT2D eigenvalue weighted by Crippen LogP contribution is 2.16. The highest BCUT2D eigenvalue weighted by Gasteiger charge is 2.24. The van der Waals surface area contributed by atoms with E-state index >= 15 is 0 Å². The van der Waals surface area contributed by atoms with E-state index < -0.39 is 0 Å². The van der Waals surface area contributed by atoms with Gasteiger partial charge >= 0.3 is 0 Å². The number of nitrogens with zero attached hydrogens (tertiary/aromatic N) is 4. The quantitative estimate of drug-likeness (QED) is 0.841. The lowest BCUT2D eigenvalue weighted by molar-refractivity contribution is -0.130. The van der Waals surface area contributed by atoms with Gasteiger partial charge in [0, 0.05) is 51.8 Å². The number of rotatable bonds is 3. The second kappa shape index (κ2) is 7.70. The molecule has 6 nitrogen and oxygen atoms in total. The monoisotopic (exact) mass is 360 g/mol. The Bertz CT molecular complexity index is 760. The summed E-state index contributed by atoms with van der Waals surface area (Å²) in [6, 6.07) is 5.41. The van der Waals surface area contributed by atoms with Gasteiger partial charge in [-0.2, -0.15) is 0 Å². The van der Waals surface area contributed by atoms with Gasteiger partial charge in [-0.05, 0) is 24.1 Å². The zero-order valence-electron chi connectivity index (χ0n) is 14.2. The zero-order valence-corrected chi connectivity index (χ0v) is 14.9. The fraction of sp³-hybridized carbons (Fsp3) is 0.389. The molecule has 25 heavy (non-hydrogen) atoms. The standard InChI is InChI=1S/C18H21ClN4O2/c1-21-13-15(19)11-16(21)18(25)23-7-3-6-22(8-9-23)17(24)10-14-4-2-5-20-12-14/h2,4-5,11-13H,3,6-10H2,1H3. The van der Waals surface area contributed by atoms with E-state index in [4.69, 9.17) is 11.6 Å². The number of hydrogen-bond acceptors (Lipinski definition) is 3. The molecule has 0 N–H and O–H groups in total. The Hall–Kier alpha value is -2.34. The summed E-state index contributed by atoms with van der Waals surface area (Å²) in [6.45, 7) is 2.37. The second-order valence-electron chi connectivity index (χ2n) is 6.22. The van der Waals surface area contributed by atoms with Crippen LogP contribution in [0.2, 0.25) is 5.02 Å². The summed E-state index contributed by atoms with van der Waals surface area (Å²) >= 11 is 5.97. The van der Waals surface area contributed by atoms with Gasteiger partial charge in [-0.1, -0.05) is 17.7 Å². The van der Waals surface area contributed by atoms with Crippen LogP contribution < -0.4 is 0 Å². The Morgan fingerprint density at radius 3 is 2.64 bits per heavy atom. The first-order valence-corrected chi connectivity index (χ1v) is 8.70. The van der Waals surface area contributed by atoms with Gasteiger partial charge in [0.25, 0.3) is 5.91 Å². The molecule has 1 aliphatic rings. The molecule has 0 saturated carbocycles. The third-order valence-electron chi connectivity index (χ3n) is 4.40. The van der Waals surface area contributed by atoms with Crippen molar-refractivity contribution in [3.05, 3.63) is 53.1 Å². The minimum absolute atomic E-state index is 0.0454. The summed E-state index contributed by atoms with van der Waals surface area (Å²) < 4.78 is 1.74. The van der Waals surface area contributed by atoms with Crippen LogP contribution in [0.25, 0.3) is 0 Å². The third-order valence-corrected chi connectivity index (χ3v) is 4.61. The molecule has 3 heterocycles. The lowest BCUT2D eigenvalue weighted by atomic mass is 10.2. The van der Waals surface area contributed by atoms with E-state index in [0.717, 1.165) is 12.0 Å². The van der Waals surface area contributed by atoms with Crippen molar-refractivity contribution in [1.29, 1.82) is 0 Å².